The SMILES string of the molecule is CCNC1(c2ccccc2)C(OC(F)(F)F)CC2CCC1(c1ccccc1)N2.Cl.Cl. The van der Waals surface area contributed by atoms with E-state index in [1.807, 2.05) is 67.6 Å². The van der Waals surface area contributed by atoms with Crippen molar-refractivity contribution in [2.45, 2.75) is 55.8 Å². The Hall–Kier alpha value is -1.31. The quantitative estimate of drug-likeness (QED) is 0.632. The molecule has 2 aromatic carbocycles. The van der Waals surface area contributed by atoms with Gasteiger partial charge in [0.25, 0.3) is 0 Å². The summed E-state index contributed by atoms with van der Waals surface area (Å²) < 4.78 is 45.2. The zero-order chi connectivity index (χ0) is 19.8. The molecule has 4 unspecified atom stereocenters. The smallest absolute Gasteiger partial charge is 0.304 e. The Balaban J connectivity index is 0.00000160. The molecule has 2 aliphatic heterocycles. The monoisotopic (exact) mass is 462 g/mol. The van der Waals surface area contributed by atoms with Gasteiger partial charge >= 0.3 is 6.36 Å². The number of fused-ring (bicyclic) bond motifs is 2. The van der Waals surface area contributed by atoms with Gasteiger partial charge in [0.1, 0.15) is 0 Å². The molecule has 2 aromatic rings. The highest BCUT2D eigenvalue weighted by atomic mass is 35.5. The molecule has 0 amide bonds. The van der Waals surface area contributed by atoms with Crippen LogP contribution in [0.4, 0.5) is 13.2 Å². The Labute approximate surface area is 187 Å². The zero-order valence-corrected chi connectivity index (χ0v) is 18.2. The third-order valence-electron chi connectivity index (χ3n) is 6.20. The summed E-state index contributed by atoms with van der Waals surface area (Å²) in [5.41, 5.74) is 0.0535. The highest BCUT2D eigenvalue weighted by Gasteiger charge is 2.65. The molecule has 2 aliphatic rings. The lowest BCUT2D eigenvalue weighted by molar-refractivity contribution is -0.358. The van der Waals surface area contributed by atoms with Crippen molar-refractivity contribution in [3.8, 4) is 0 Å². The van der Waals surface area contributed by atoms with Crippen molar-refractivity contribution >= 4 is 24.8 Å². The molecule has 2 bridgehead atoms. The van der Waals surface area contributed by atoms with Crippen LogP contribution in [0.2, 0.25) is 0 Å². The lowest BCUT2D eigenvalue weighted by atomic mass is 9.63. The molecule has 2 saturated heterocycles. The molecule has 0 spiro atoms. The molecular weight excluding hydrogens is 436 g/mol. The largest absolute Gasteiger partial charge is 0.522 e. The van der Waals surface area contributed by atoms with Gasteiger partial charge in [-0.2, -0.15) is 0 Å². The first-order valence-electron chi connectivity index (χ1n) is 9.79. The predicted molar refractivity (Wildman–Crippen MR) is 116 cm³/mol. The maximum atomic E-state index is 13.5. The van der Waals surface area contributed by atoms with E-state index in [1.165, 1.54) is 0 Å². The molecule has 2 fully saturated rings. The van der Waals surface area contributed by atoms with Crippen molar-refractivity contribution in [3.63, 3.8) is 0 Å². The Bertz CT molecular complexity index is 809. The van der Waals surface area contributed by atoms with Crippen LogP contribution >= 0.6 is 24.8 Å². The average Bonchev–Trinajstić information content (AvgIpc) is 3.06. The van der Waals surface area contributed by atoms with Crippen molar-refractivity contribution in [2.75, 3.05) is 6.54 Å². The number of alkyl halides is 3. The first-order valence-corrected chi connectivity index (χ1v) is 9.79. The Kier molecular flexibility index (Phi) is 7.86. The van der Waals surface area contributed by atoms with Gasteiger partial charge in [-0.3, -0.25) is 4.74 Å². The molecule has 0 saturated carbocycles. The second kappa shape index (κ2) is 9.45. The molecule has 4 rings (SSSR count). The Morgan fingerprint density at radius 1 is 1.00 bits per heavy atom. The maximum absolute atomic E-state index is 13.5. The number of hydrogen-bond acceptors (Lipinski definition) is 3. The van der Waals surface area contributed by atoms with Gasteiger partial charge in [0.05, 0.1) is 17.2 Å². The second-order valence-electron chi connectivity index (χ2n) is 7.64. The topological polar surface area (TPSA) is 33.3 Å². The second-order valence-corrected chi connectivity index (χ2v) is 7.64. The van der Waals surface area contributed by atoms with Crippen LogP contribution in [0, 0.1) is 0 Å². The van der Waals surface area contributed by atoms with E-state index in [9.17, 15) is 13.2 Å². The van der Waals surface area contributed by atoms with Crippen molar-refractivity contribution in [1.82, 2.24) is 10.6 Å². The minimum Gasteiger partial charge on any atom is -0.304 e. The van der Waals surface area contributed by atoms with Gasteiger partial charge in [-0.25, -0.2) is 0 Å². The summed E-state index contributed by atoms with van der Waals surface area (Å²) in [6, 6.07) is 19.2. The Morgan fingerprint density at radius 2 is 1.57 bits per heavy atom. The maximum Gasteiger partial charge on any atom is 0.522 e. The molecule has 0 aliphatic carbocycles. The van der Waals surface area contributed by atoms with Gasteiger partial charge in [0, 0.05) is 6.04 Å². The molecule has 8 heteroatoms. The fourth-order valence-electron chi connectivity index (χ4n) is 5.34. The number of halogens is 5. The average molecular weight is 463 g/mol. The summed E-state index contributed by atoms with van der Waals surface area (Å²) in [4.78, 5) is 0. The summed E-state index contributed by atoms with van der Waals surface area (Å²) in [7, 11) is 0. The molecular formula is C22H27Cl2F3N2O. The van der Waals surface area contributed by atoms with Crippen LogP contribution in [0.5, 0.6) is 0 Å². The number of hydrogen-bond donors (Lipinski definition) is 2. The zero-order valence-electron chi connectivity index (χ0n) is 16.6. The summed E-state index contributed by atoms with van der Waals surface area (Å²) in [6.45, 7) is 2.45. The highest BCUT2D eigenvalue weighted by molar-refractivity contribution is 5.85. The van der Waals surface area contributed by atoms with Crippen LogP contribution < -0.4 is 10.6 Å². The Morgan fingerprint density at radius 3 is 2.10 bits per heavy atom. The van der Waals surface area contributed by atoms with Gasteiger partial charge in [-0.05, 0) is 36.9 Å². The van der Waals surface area contributed by atoms with Gasteiger partial charge in [0.15, 0.2) is 0 Å². The van der Waals surface area contributed by atoms with E-state index in [4.69, 9.17) is 4.74 Å². The van der Waals surface area contributed by atoms with Crippen molar-refractivity contribution in [2.24, 2.45) is 0 Å². The molecule has 4 atom stereocenters. The van der Waals surface area contributed by atoms with Gasteiger partial charge in [-0.1, -0.05) is 67.6 Å². The van der Waals surface area contributed by atoms with Crippen molar-refractivity contribution in [3.05, 3.63) is 71.8 Å². The number of ether oxygens (including phenoxy) is 1. The molecule has 3 nitrogen and oxygen atoms in total. The predicted octanol–water partition coefficient (Wildman–Crippen LogP) is 5.29. The summed E-state index contributed by atoms with van der Waals surface area (Å²) >= 11 is 0. The van der Waals surface area contributed by atoms with Crippen molar-refractivity contribution in [1.29, 1.82) is 0 Å². The van der Waals surface area contributed by atoms with E-state index in [2.05, 4.69) is 10.6 Å². The van der Waals surface area contributed by atoms with Gasteiger partial charge in [-0.15, -0.1) is 38.0 Å². The van der Waals surface area contributed by atoms with E-state index < -0.39 is 23.5 Å². The van der Waals surface area contributed by atoms with E-state index >= 15 is 0 Å². The van der Waals surface area contributed by atoms with Crippen LogP contribution in [0.3, 0.4) is 0 Å². The highest BCUT2D eigenvalue weighted by Crippen LogP contribution is 2.55. The molecule has 2 heterocycles. The van der Waals surface area contributed by atoms with Crippen LogP contribution in [0.15, 0.2) is 60.7 Å². The minimum absolute atomic E-state index is 0. The molecule has 166 valence electrons. The van der Waals surface area contributed by atoms with Crippen LogP contribution in [-0.2, 0) is 15.8 Å². The van der Waals surface area contributed by atoms with Gasteiger partial charge < -0.3 is 10.6 Å². The van der Waals surface area contributed by atoms with E-state index in [1.54, 1.807) is 0 Å². The molecule has 30 heavy (non-hydrogen) atoms. The fourth-order valence-corrected chi connectivity index (χ4v) is 5.34. The van der Waals surface area contributed by atoms with Crippen LogP contribution in [0.1, 0.15) is 37.3 Å². The minimum atomic E-state index is -4.70. The number of likely N-dealkylation sites (N-methyl/N-ethyl adjacent to an activating group) is 1. The standard InChI is InChI=1S/C22H25F3N2O.2ClH/c1-2-26-21(17-11-7-4-8-12-17)19(28-22(23,24)25)15-18-13-14-20(21,27-18)16-9-5-3-6-10-16;;/h3-12,18-19,26-27H,2,13-15H2,1H3;2*1H. The first kappa shape index (κ1) is 25.0. The lowest BCUT2D eigenvalue weighted by Gasteiger charge is -2.57. The fraction of sp³-hybridized carbons (Fsp3) is 0.455. The molecule has 0 radical (unpaired) electrons. The van der Waals surface area contributed by atoms with Crippen LogP contribution in [-0.4, -0.2) is 25.1 Å². The summed E-state index contributed by atoms with van der Waals surface area (Å²) in [5.74, 6) is 0. The van der Waals surface area contributed by atoms with E-state index in [-0.39, 0.29) is 30.9 Å². The third kappa shape index (κ3) is 4.08. The number of rotatable bonds is 5. The van der Waals surface area contributed by atoms with Crippen molar-refractivity contribution < 1.29 is 17.9 Å². The molecule has 2 N–H and O–H groups in total. The molecule has 0 aromatic heterocycles. The number of benzene rings is 2. The normalized spacial score (nSPS) is 30.3. The third-order valence-corrected chi connectivity index (χ3v) is 6.20. The van der Waals surface area contributed by atoms with Gasteiger partial charge in [0.2, 0.25) is 0 Å². The number of nitrogens with one attached hydrogen (secondary N) is 2. The summed E-state index contributed by atoms with van der Waals surface area (Å²) in [5, 5.41) is 7.17. The number of piperidine rings is 1. The van der Waals surface area contributed by atoms with E-state index in [0.29, 0.717) is 13.0 Å². The first-order chi connectivity index (χ1) is 13.4. The van der Waals surface area contributed by atoms with Crippen LogP contribution in [0.25, 0.3) is 0 Å². The van der Waals surface area contributed by atoms with E-state index in [0.717, 1.165) is 24.0 Å². The summed E-state index contributed by atoms with van der Waals surface area (Å²) in [6.07, 6.45) is -3.89. The lowest BCUT2D eigenvalue weighted by Crippen LogP contribution is -2.73.